The SMILES string of the molecule is CCNC1CC(C)S(=O)c2c(Cl)cccc21. The van der Waals surface area contributed by atoms with Gasteiger partial charge in [0.15, 0.2) is 0 Å². The average molecular weight is 258 g/mol. The number of benzene rings is 1. The van der Waals surface area contributed by atoms with Crippen LogP contribution in [0.1, 0.15) is 31.9 Å². The molecule has 2 rings (SSSR count). The highest BCUT2D eigenvalue weighted by Crippen LogP contribution is 2.37. The molecule has 0 spiro atoms. The Morgan fingerprint density at radius 1 is 1.56 bits per heavy atom. The Balaban J connectivity index is 2.49. The molecule has 0 saturated carbocycles. The molecule has 0 aromatic heterocycles. The van der Waals surface area contributed by atoms with Crippen LogP contribution in [0.2, 0.25) is 5.02 Å². The minimum Gasteiger partial charge on any atom is -0.310 e. The van der Waals surface area contributed by atoms with Gasteiger partial charge in [0.1, 0.15) is 0 Å². The third-order valence-electron chi connectivity index (χ3n) is 2.96. The van der Waals surface area contributed by atoms with Crippen molar-refractivity contribution < 1.29 is 4.21 Å². The van der Waals surface area contributed by atoms with E-state index in [-0.39, 0.29) is 11.3 Å². The van der Waals surface area contributed by atoms with Crippen molar-refractivity contribution in [2.75, 3.05) is 6.54 Å². The summed E-state index contributed by atoms with van der Waals surface area (Å²) in [4.78, 5) is 0.828. The van der Waals surface area contributed by atoms with E-state index < -0.39 is 10.8 Å². The first-order valence-corrected chi connectivity index (χ1v) is 7.16. The van der Waals surface area contributed by atoms with Crippen molar-refractivity contribution in [2.24, 2.45) is 0 Å². The summed E-state index contributed by atoms with van der Waals surface area (Å²) in [6.07, 6.45) is 0.911. The fourth-order valence-corrected chi connectivity index (χ4v) is 4.08. The summed E-state index contributed by atoms with van der Waals surface area (Å²) in [5.41, 5.74) is 1.10. The summed E-state index contributed by atoms with van der Waals surface area (Å²) in [6.45, 7) is 5.02. The van der Waals surface area contributed by atoms with E-state index in [1.807, 2.05) is 25.1 Å². The number of hydrogen-bond acceptors (Lipinski definition) is 2. The van der Waals surface area contributed by atoms with E-state index in [1.165, 1.54) is 0 Å². The van der Waals surface area contributed by atoms with Crippen molar-refractivity contribution >= 4 is 22.4 Å². The fraction of sp³-hybridized carbons (Fsp3) is 0.500. The molecular weight excluding hydrogens is 242 g/mol. The maximum absolute atomic E-state index is 12.2. The second-order valence-electron chi connectivity index (χ2n) is 4.11. The van der Waals surface area contributed by atoms with Crippen LogP contribution in [0.4, 0.5) is 0 Å². The van der Waals surface area contributed by atoms with Crippen LogP contribution in [0.15, 0.2) is 23.1 Å². The van der Waals surface area contributed by atoms with Crippen molar-refractivity contribution in [1.82, 2.24) is 5.32 Å². The van der Waals surface area contributed by atoms with Gasteiger partial charge in [-0.2, -0.15) is 0 Å². The molecular formula is C12H16ClNOS. The predicted octanol–water partition coefficient (Wildman–Crippen LogP) is 2.89. The molecule has 0 aliphatic carbocycles. The summed E-state index contributed by atoms with van der Waals surface area (Å²) in [5, 5.41) is 4.22. The Labute approximate surface area is 104 Å². The highest BCUT2D eigenvalue weighted by atomic mass is 35.5. The Hall–Kier alpha value is -0.380. The van der Waals surface area contributed by atoms with E-state index in [1.54, 1.807) is 0 Å². The molecule has 1 heterocycles. The Morgan fingerprint density at radius 3 is 3.00 bits per heavy atom. The normalized spacial score (nSPS) is 28.8. The van der Waals surface area contributed by atoms with E-state index in [2.05, 4.69) is 12.2 Å². The smallest absolute Gasteiger partial charge is 0.0624 e. The zero-order valence-electron chi connectivity index (χ0n) is 9.50. The molecule has 0 radical (unpaired) electrons. The van der Waals surface area contributed by atoms with Gasteiger partial charge in [0.05, 0.1) is 20.7 Å². The third-order valence-corrected chi connectivity index (χ3v) is 5.17. The van der Waals surface area contributed by atoms with Gasteiger partial charge in [0.2, 0.25) is 0 Å². The largest absolute Gasteiger partial charge is 0.310 e. The number of rotatable bonds is 2. The third kappa shape index (κ3) is 2.04. The summed E-state index contributed by atoms with van der Waals surface area (Å²) in [7, 11) is -0.968. The van der Waals surface area contributed by atoms with Crippen LogP contribution in [0.3, 0.4) is 0 Å². The molecule has 16 heavy (non-hydrogen) atoms. The molecule has 4 heteroatoms. The molecule has 2 nitrogen and oxygen atoms in total. The van der Waals surface area contributed by atoms with Crippen LogP contribution in [-0.2, 0) is 10.8 Å². The van der Waals surface area contributed by atoms with Gasteiger partial charge >= 0.3 is 0 Å². The van der Waals surface area contributed by atoms with E-state index in [9.17, 15) is 4.21 Å². The maximum Gasteiger partial charge on any atom is 0.0624 e. The van der Waals surface area contributed by atoms with Gasteiger partial charge in [-0.25, -0.2) is 0 Å². The highest BCUT2D eigenvalue weighted by Gasteiger charge is 2.31. The Kier molecular flexibility index (Phi) is 3.67. The molecule has 3 atom stereocenters. The first-order chi connectivity index (χ1) is 7.65. The average Bonchev–Trinajstić information content (AvgIpc) is 2.25. The maximum atomic E-state index is 12.2. The fourth-order valence-electron chi connectivity index (χ4n) is 2.20. The molecule has 1 aliphatic rings. The van der Waals surface area contributed by atoms with Crippen LogP contribution in [0.5, 0.6) is 0 Å². The van der Waals surface area contributed by atoms with Crippen molar-refractivity contribution in [3.8, 4) is 0 Å². The van der Waals surface area contributed by atoms with Crippen molar-refractivity contribution in [1.29, 1.82) is 0 Å². The minimum atomic E-state index is -0.968. The summed E-state index contributed by atoms with van der Waals surface area (Å²) in [5.74, 6) is 0. The molecule has 0 amide bonds. The van der Waals surface area contributed by atoms with Gasteiger partial charge in [0.25, 0.3) is 0 Å². The van der Waals surface area contributed by atoms with E-state index in [0.29, 0.717) is 5.02 Å². The summed E-state index contributed by atoms with van der Waals surface area (Å²) >= 11 is 6.15. The molecule has 1 aromatic carbocycles. The van der Waals surface area contributed by atoms with Crippen LogP contribution in [0.25, 0.3) is 0 Å². The molecule has 0 fully saturated rings. The number of hydrogen-bond donors (Lipinski definition) is 1. The Bertz CT molecular complexity index is 421. The van der Waals surface area contributed by atoms with E-state index in [0.717, 1.165) is 23.4 Å². The van der Waals surface area contributed by atoms with Crippen LogP contribution >= 0.6 is 11.6 Å². The second kappa shape index (κ2) is 4.86. The van der Waals surface area contributed by atoms with Gasteiger partial charge in [-0.05, 0) is 24.6 Å². The van der Waals surface area contributed by atoms with Crippen molar-refractivity contribution in [3.63, 3.8) is 0 Å². The van der Waals surface area contributed by atoms with Crippen molar-refractivity contribution in [3.05, 3.63) is 28.8 Å². The zero-order chi connectivity index (χ0) is 11.7. The lowest BCUT2D eigenvalue weighted by Gasteiger charge is -2.30. The quantitative estimate of drug-likeness (QED) is 0.883. The second-order valence-corrected chi connectivity index (χ2v) is 6.33. The van der Waals surface area contributed by atoms with Crippen LogP contribution < -0.4 is 5.32 Å². The lowest BCUT2D eigenvalue weighted by Crippen LogP contribution is -2.31. The van der Waals surface area contributed by atoms with Gasteiger partial charge in [-0.15, -0.1) is 0 Å². The number of fused-ring (bicyclic) bond motifs is 1. The first kappa shape index (κ1) is 12.1. The highest BCUT2D eigenvalue weighted by molar-refractivity contribution is 7.86. The van der Waals surface area contributed by atoms with E-state index >= 15 is 0 Å². The van der Waals surface area contributed by atoms with Crippen molar-refractivity contribution in [2.45, 2.75) is 36.5 Å². The summed E-state index contributed by atoms with van der Waals surface area (Å²) in [6, 6.07) is 6.06. The predicted molar refractivity (Wildman–Crippen MR) is 68.4 cm³/mol. The summed E-state index contributed by atoms with van der Waals surface area (Å²) < 4.78 is 12.2. The standard InChI is InChI=1S/C12H16ClNOS/c1-3-14-11-7-8(2)16(15)12-9(11)5-4-6-10(12)13/h4-6,8,11,14H,3,7H2,1-2H3. The minimum absolute atomic E-state index is 0.163. The van der Waals surface area contributed by atoms with Gasteiger partial charge in [-0.3, -0.25) is 4.21 Å². The van der Waals surface area contributed by atoms with E-state index in [4.69, 9.17) is 11.6 Å². The number of nitrogens with one attached hydrogen (secondary N) is 1. The molecule has 1 N–H and O–H groups in total. The zero-order valence-corrected chi connectivity index (χ0v) is 11.1. The monoisotopic (exact) mass is 257 g/mol. The first-order valence-electron chi connectivity index (χ1n) is 5.57. The van der Waals surface area contributed by atoms with Gasteiger partial charge in [-0.1, -0.05) is 37.6 Å². The molecule has 0 saturated heterocycles. The topological polar surface area (TPSA) is 29.1 Å². The lowest BCUT2D eigenvalue weighted by molar-refractivity contribution is 0.491. The molecule has 1 aliphatic heterocycles. The molecule has 3 unspecified atom stereocenters. The Morgan fingerprint density at radius 2 is 2.31 bits per heavy atom. The van der Waals surface area contributed by atoms with Gasteiger partial charge in [0, 0.05) is 11.3 Å². The van der Waals surface area contributed by atoms with Crippen LogP contribution in [0, 0.1) is 0 Å². The van der Waals surface area contributed by atoms with Gasteiger partial charge < -0.3 is 5.32 Å². The molecule has 0 bridgehead atoms. The number of halogens is 1. The van der Waals surface area contributed by atoms with Crippen LogP contribution in [-0.4, -0.2) is 16.0 Å². The molecule has 1 aromatic rings. The lowest BCUT2D eigenvalue weighted by atomic mass is 10.0. The molecule has 88 valence electrons.